The van der Waals surface area contributed by atoms with Gasteiger partial charge in [-0.1, -0.05) is 282 Å². The highest BCUT2D eigenvalue weighted by molar-refractivity contribution is 7.00. The molecule has 15 aromatic rings. The lowest BCUT2D eigenvalue weighted by atomic mass is 9.33. The highest BCUT2D eigenvalue weighted by atomic mass is 15.2. The minimum atomic E-state index is -0.525. The Bertz CT molecular complexity index is 6370. The topological polar surface area (TPSA) is 29.2 Å². The fourth-order valence-electron chi connectivity index (χ4n) is 16.4. The van der Waals surface area contributed by atoms with E-state index in [1.54, 1.807) is 4.57 Å². The highest BCUT2D eigenvalue weighted by Crippen LogP contribution is 2.56. The Balaban J connectivity index is 1.10. The van der Waals surface area contributed by atoms with Crippen molar-refractivity contribution in [3.63, 3.8) is 0 Å². The van der Waals surface area contributed by atoms with Crippen molar-refractivity contribution in [3.05, 3.63) is 300 Å². The van der Waals surface area contributed by atoms with Gasteiger partial charge in [-0.25, -0.2) is 0 Å². The van der Waals surface area contributed by atoms with Crippen LogP contribution >= 0.6 is 0 Å². The van der Waals surface area contributed by atoms with Gasteiger partial charge in [-0.15, -0.1) is 0 Å². The van der Waals surface area contributed by atoms with E-state index in [-0.39, 0.29) is 61.0 Å². The summed E-state index contributed by atoms with van der Waals surface area (Å²) in [4.78, 5) is 10.9. The Kier molecular flexibility index (Phi) is 14.0. The first-order valence-corrected chi connectivity index (χ1v) is 37.9. The molecule has 0 spiro atoms. The van der Waals surface area contributed by atoms with E-state index in [0.29, 0.717) is 5.69 Å². The third-order valence-corrected chi connectivity index (χ3v) is 22.4. The van der Waals surface area contributed by atoms with Crippen molar-refractivity contribution in [1.29, 1.82) is 0 Å². The van der Waals surface area contributed by atoms with E-state index in [4.69, 9.17) is 7.73 Å². The molecule has 2 aliphatic heterocycles. The molecule has 12 aromatic carbocycles. The van der Waals surface area contributed by atoms with Crippen molar-refractivity contribution >= 4 is 101 Å². The van der Waals surface area contributed by atoms with Crippen LogP contribution in [-0.2, 0) is 32.5 Å². The summed E-state index contributed by atoms with van der Waals surface area (Å²) < 4.78 is 80.2. The van der Waals surface area contributed by atoms with Crippen molar-refractivity contribution in [2.45, 2.75) is 157 Å². The Labute approximate surface area is 645 Å². The summed E-state index contributed by atoms with van der Waals surface area (Å²) in [5.74, 6) is 0. The molecule has 530 valence electrons. The molecule has 0 N–H and O–H groups in total. The molecule has 0 fully saturated rings. The average Bonchev–Trinajstić information content (AvgIpc) is 1.29. The lowest BCUT2D eigenvalue weighted by Crippen LogP contribution is -2.61. The number of benzene rings is 12. The second kappa shape index (κ2) is 24.8. The van der Waals surface area contributed by atoms with Gasteiger partial charge in [-0.3, -0.25) is 4.98 Å². The van der Waals surface area contributed by atoms with Crippen LogP contribution in [0.25, 0.3) is 99.6 Å². The first kappa shape index (κ1) is 60.2. The van der Waals surface area contributed by atoms with E-state index >= 15 is 0 Å². The van der Waals surface area contributed by atoms with Gasteiger partial charge in [-0.2, -0.15) is 0 Å². The van der Waals surface area contributed by atoms with Gasteiger partial charge >= 0.3 is 0 Å². The quantitative estimate of drug-likeness (QED) is 0.142. The molecule has 0 radical (unpaired) electrons. The number of fused-ring (bicyclic) bond motifs is 10. The first-order valence-electron chi connectivity index (χ1n) is 41.9. The number of anilines is 6. The van der Waals surface area contributed by atoms with Gasteiger partial charge in [0.2, 0.25) is 0 Å². The van der Waals surface area contributed by atoms with E-state index in [0.717, 1.165) is 134 Å². The normalized spacial score (nSPS) is 14.5. The summed E-state index contributed by atoms with van der Waals surface area (Å²) in [5.41, 5.74) is 25.0. The molecule has 0 unspecified atom stereocenters. The summed E-state index contributed by atoms with van der Waals surface area (Å²) >= 11 is 0. The van der Waals surface area contributed by atoms with Crippen molar-refractivity contribution in [1.82, 2.24) is 14.1 Å². The van der Waals surface area contributed by atoms with Gasteiger partial charge in [0, 0.05) is 89.0 Å². The fraction of sp³-hybridized carbons (Fsp3) is 0.238. The summed E-state index contributed by atoms with van der Waals surface area (Å²) in [6.45, 7) is 40.5. The van der Waals surface area contributed by atoms with Gasteiger partial charge in [0.05, 0.1) is 50.1 Å². The Morgan fingerprint density at radius 3 is 1.07 bits per heavy atom. The summed E-state index contributed by atoms with van der Waals surface area (Å²) in [5, 5.41) is 2.38. The number of hydrogen-bond acceptors (Lipinski definition) is 3. The van der Waals surface area contributed by atoms with Gasteiger partial charge in [-0.05, 0) is 197 Å². The lowest BCUT2D eigenvalue weighted by molar-refractivity contribution is 0.569. The third kappa shape index (κ3) is 11.7. The minimum absolute atomic E-state index is 0.0117. The van der Waals surface area contributed by atoms with Gasteiger partial charge < -0.3 is 18.9 Å². The number of pyridine rings is 1. The van der Waals surface area contributed by atoms with Crippen LogP contribution in [0.5, 0.6) is 0 Å². The van der Waals surface area contributed by atoms with Crippen LogP contribution in [0, 0.1) is 0 Å². The van der Waals surface area contributed by atoms with Gasteiger partial charge in [0.15, 0.2) is 0 Å². The average molecular weight is 1400 g/mol. The molecule has 0 aliphatic carbocycles. The lowest BCUT2D eigenvalue weighted by Gasteiger charge is -2.47. The second-order valence-electron chi connectivity index (χ2n) is 35.9. The SMILES string of the molecule is [2H]c1c([2H])c([2H])c2c(c1[2H])c1c([2H])c([2H])c([2H])c([2H])c1n2-c1ccc2c(c1)N(c1c(-c3ccccc3)cc(C(C)(C)C)cc1-c1ccccc1)c1cc(C(C)(C)C)cc3c1B2c1ccc(-n2c4ccc(C(C)(C)C)cc4c4cc(C(C)(C)C)ccc42)cc1N3c1c(-c2ccccc2)cc(C(C)(C)C)cc1-c1cccc(C(C)(C)C)n1. The molecule has 0 atom stereocenters. The van der Waals surface area contributed by atoms with E-state index in [1.165, 1.54) is 21.9 Å². The molecule has 3 aromatic heterocycles. The molecule has 17 rings (SSSR count). The second-order valence-corrected chi connectivity index (χ2v) is 35.9. The molecule has 0 amide bonds. The van der Waals surface area contributed by atoms with Crippen LogP contribution in [0.3, 0.4) is 0 Å². The molecule has 2 aliphatic rings. The zero-order chi connectivity index (χ0) is 81.7. The van der Waals surface area contributed by atoms with E-state index in [1.807, 2.05) is 6.07 Å². The van der Waals surface area contributed by atoms with E-state index in [2.05, 4.69) is 351 Å². The van der Waals surface area contributed by atoms with Gasteiger partial charge in [0.25, 0.3) is 6.71 Å². The summed E-state index contributed by atoms with van der Waals surface area (Å²) in [6, 6.07) is 77.2. The molecule has 6 heteroatoms. The van der Waals surface area contributed by atoms with Crippen molar-refractivity contribution in [3.8, 4) is 56.0 Å². The summed E-state index contributed by atoms with van der Waals surface area (Å²) in [7, 11) is 0. The van der Waals surface area contributed by atoms with Crippen molar-refractivity contribution in [2.75, 3.05) is 9.80 Å². The zero-order valence-electron chi connectivity index (χ0n) is 73.1. The number of nitrogens with zero attached hydrogens (tertiary/aromatic N) is 5. The van der Waals surface area contributed by atoms with Crippen molar-refractivity contribution in [2.24, 2.45) is 0 Å². The van der Waals surface area contributed by atoms with Gasteiger partial charge in [0.1, 0.15) is 0 Å². The van der Waals surface area contributed by atoms with E-state index < -0.39 is 48.4 Å². The molecule has 0 bridgehead atoms. The fourth-order valence-corrected chi connectivity index (χ4v) is 16.4. The number of hydrogen-bond donors (Lipinski definition) is 0. The smallest absolute Gasteiger partial charge is 0.252 e. The largest absolute Gasteiger partial charge is 0.310 e. The first-order chi connectivity index (χ1) is 54.2. The maximum Gasteiger partial charge on any atom is 0.252 e. The number of rotatable bonds is 8. The van der Waals surface area contributed by atoms with Crippen LogP contribution in [0.2, 0.25) is 0 Å². The summed E-state index contributed by atoms with van der Waals surface area (Å²) in [6.07, 6.45) is 0. The number of aromatic nitrogens is 3. The predicted octanol–water partition coefficient (Wildman–Crippen LogP) is 25.8. The van der Waals surface area contributed by atoms with Crippen LogP contribution in [0.4, 0.5) is 34.1 Å². The third-order valence-electron chi connectivity index (χ3n) is 22.4. The predicted molar refractivity (Wildman–Crippen MR) is 461 cm³/mol. The minimum Gasteiger partial charge on any atom is -0.310 e. The molecule has 0 saturated heterocycles. The molecule has 0 saturated carbocycles. The standard InChI is InChI=1S/C101H98BN5/c1-96(2,3)66-45-51-86-78(53-66)79-54-67(97(4,5)6)46-52-87(79)105(86)72-48-50-82-89(62-72)107(95-77(65-37-26-21-27-38-65)57-69(99(10,11)12)58-80(95)83-41-32-44-92(103-83)101(16,17)18)91-60-70(100(13,14)15)59-90-93(91)102(82)81-49-47-71(104-84-42-30-28-39-73(84)74-40-29-31-43-85(74)104)61-88(81)106(90)94-75(63-33-22-19-23-34-63)55-68(98(7,8)9)56-76(94)64-35-24-20-25-36-64/h19-62H,1-18H3/i28D,29D,30D,31D,39D,40D,42D,43D. The van der Waals surface area contributed by atoms with E-state index in [9.17, 15) is 8.22 Å². The monoisotopic (exact) mass is 1400 g/mol. The molecule has 107 heavy (non-hydrogen) atoms. The van der Waals surface area contributed by atoms with Crippen LogP contribution in [-0.4, -0.2) is 20.8 Å². The Hall–Kier alpha value is -10.9. The molecular weight excluding hydrogens is 1290 g/mol. The number of para-hydroxylation sites is 2. The highest BCUT2D eigenvalue weighted by Gasteiger charge is 2.47. The maximum atomic E-state index is 9.92. The van der Waals surface area contributed by atoms with Crippen LogP contribution < -0.4 is 26.2 Å². The van der Waals surface area contributed by atoms with Crippen LogP contribution in [0.1, 0.15) is 169 Å². The maximum absolute atomic E-state index is 9.92. The molecular formula is C101H98BN5. The zero-order valence-corrected chi connectivity index (χ0v) is 65.1. The van der Waals surface area contributed by atoms with Crippen molar-refractivity contribution < 1.29 is 11.0 Å². The molecule has 5 heterocycles. The Morgan fingerprint density at radius 2 is 0.673 bits per heavy atom. The van der Waals surface area contributed by atoms with Crippen LogP contribution in [0.15, 0.2) is 267 Å². The Morgan fingerprint density at radius 1 is 0.299 bits per heavy atom. The molecule has 5 nitrogen and oxygen atoms in total.